The van der Waals surface area contributed by atoms with Crippen molar-refractivity contribution in [3.63, 3.8) is 0 Å². The van der Waals surface area contributed by atoms with Crippen LogP contribution in [0.5, 0.6) is 0 Å². The Morgan fingerprint density at radius 1 is 1.22 bits per heavy atom. The number of benzene rings is 1. The number of anilines is 1. The van der Waals surface area contributed by atoms with Crippen LogP contribution < -0.4 is 11.1 Å². The SMILES string of the molecule is NC(=O)O[C@H]1CC[C@H](Nc2ccc(Br)cc2)CC1. The Balaban J connectivity index is 1.79. The maximum Gasteiger partial charge on any atom is 0.404 e. The maximum absolute atomic E-state index is 10.7. The van der Waals surface area contributed by atoms with Gasteiger partial charge in [0.05, 0.1) is 0 Å². The van der Waals surface area contributed by atoms with Gasteiger partial charge in [-0.05, 0) is 49.9 Å². The van der Waals surface area contributed by atoms with Gasteiger partial charge in [-0.25, -0.2) is 4.79 Å². The Kier molecular flexibility index (Phi) is 4.47. The number of hydrogen-bond acceptors (Lipinski definition) is 3. The molecule has 98 valence electrons. The van der Waals surface area contributed by atoms with Crippen molar-refractivity contribution in [2.75, 3.05) is 5.32 Å². The van der Waals surface area contributed by atoms with Crippen LogP contribution in [-0.4, -0.2) is 18.2 Å². The van der Waals surface area contributed by atoms with Crippen molar-refractivity contribution in [2.45, 2.75) is 37.8 Å². The van der Waals surface area contributed by atoms with Crippen LogP contribution in [0, 0.1) is 0 Å². The van der Waals surface area contributed by atoms with E-state index in [1.807, 2.05) is 12.1 Å². The fourth-order valence-electron chi connectivity index (χ4n) is 2.27. The molecule has 3 N–H and O–H groups in total. The molecule has 1 saturated carbocycles. The lowest BCUT2D eigenvalue weighted by molar-refractivity contribution is 0.0806. The zero-order valence-electron chi connectivity index (χ0n) is 10.1. The molecule has 0 aliphatic heterocycles. The number of amides is 1. The highest BCUT2D eigenvalue weighted by molar-refractivity contribution is 9.10. The van der Waals surface area contributed by atoms with E-state index in [-0.39, 0.29) is 6.10 Å². The molecule has 0 aromatic heterocycles. The molecule has 0 spiro atoms. The molecule has 2 rings (SSSR count). The number of nitrogens with one attached hydrogen (secondary N) is 1. The van der Waals surface area contributed by atoms with Crippen LogP contribution in [0.25, 0.3) is 0 Å². The number of rotatable bonds is 3. The van der Waals surface area contributed by atoms with Crippen LogP contribution in [0.15, 0.2) is 28.7 Å². The highest BCUT2D eigenvalue weighted by atomic mass is 79.9. The van der Waals surface area contributed by atoms with Crippen molar-refractivity contribution >= 4 is 27.7 Å². The summed E-state index contributed by atoms with van der Waals surface area (Å²) in [5.41, 5.74) is 6.14. The number of carbonyl (C=O) groups excluding carboxylic acids is 1. The second-order valence-electron chi connectivity index (χ2n) is 4.56. The molecular formula is C13H17BrN2O2. The van der Waals surface area contributed by atoms with Crippen LogP contribution in [0.4, 0.5) is 10.5 Å². The van der Waals surface area contributed by atoms with Gasteiger partial charge in [0.25, 0.3) is 0 Å². The van der Waals surface area contributed by atoms with Crippen molar-refractivity contribution < 1.29 is 9.53 Å². The Bertz CT molecular complexity index is 400. The Morgan fingerprint density at radius 2 is 1.83 bits per heavy atom. The summed E-state index contributed by atoms with van der Waals surface area (Å²) < 4.78 is 6.09. The minimum atomic E-state index is -0.667. The van der Waals surface area contributed by atoms with E-state index >= 15 is 0 Å². The van der Waals surface area contributed by atoms with E-state index in [1.54, 1.807) is 0 Å². The van der Waals surface area contributed by atoms with Crippen molar-refractivity contribution in [3.8, 4) is 0 Å². The first kappa shape index (κ1) is 13.2. The summed E-state index contributed by atoms with van der Waals surface area (Å²) in [5, 5.41) is 3.49. The molecule has 1 fully saturated rings. The third kappa shape index (κ3) is 3.91. The monoisotopic (exact) mass is 312 g/mol. The Hall–Kier alpha value is -1.23. The van der Waals surface area contributed by atoms with Gasteiger partial charge >= 0.3 is 6.09 Å². The normalized spacial score (nSPS) is 23.4. The van der Waals surface area contributed by atoms with E-state index in [4.69, 9.17) is 10.5 Å². The maximum atomic E-state index is 10.7. The zero-order valence-corrected chi connectivity index (χ0v) is 11.7. The van der Waals surface area contributed by atoms with Crippen molar-refractivity contribution in [2.24, 2.45) is 5.73 Å². The first-order valence-electron chi connectivity index (χ1n) is 6.11. The standard InChI is InChI=1S/C13H17BrN2O2/c14-9-1-3-10(4-2-9)16-11-5-7-12(8-6-11)18-13(15)17/h1-4,11-12,16H,5-8H2,(H2,15,17)/t11-,12-. The van der Waals surface area contributed by atoms with Gasteiger partial charge in [-0.3, -0.25) is 0 Å². The molecule has 18 heavy (non-hydrogen) atoms. The summed E-state index contributed by atoms with van der Waals surface area (Å²) in [6, 6.07) is 8.58. The molecular weight excluding hydrogens is 296 g/mol. The smallest absolute Gasteiger partial charge is 0.404 e. The highest BCUT2D eigenvalue weighted by Crippen LogP contribution is 2.24. The topological polar surface area (TPSA) is 64.4 Å². The van der Waals surface area contributed by atoms with E-state index in [0.29, 0.717) is 6.04 Å². The number of primary amides is 1. The highest BCUT2D eigenvalue weighted by Gasteiger charge is 2.23. The number of carbonyl (C=O) groups is 1. The number of halogens is 1. The predicted octanol–water partition coefficient (Wildman–Crippen LogP) is 3.27. The molecule has 0 heterocycles. The molecule has 0 saturated heterocycles. The average molecular weight is 313 g/mol. The molecule has 0 atom stereocenters. The van der Waals surface area contributed by atoms with Gasteiger partial charge in [-0.2, -0.15) is 0 Å². The second kappa shape index (κ2) is 6.09. The molecule has 0 unspecified atom stereocenters. The molecule has 0 bridgehead atoms. The largest absolute Gasteiger partial charge is 0.446 e. The third-order valence-corrected chi connectivity index (χ3v) is 3.70. The quantitative estimate of drug-likeness (QED) is 0.900. The lowest BCUT2D eigenvalue weighted by atomic mass is 9.93. The fourth-order valence-corrected chi connectivity index (χ4v) is 2.54. The lowest BCUT2D eigenvalue weighted by Gasteiger charge is -2.29. The molecule has 4 nitrogen and oxygen atoms in total. The summed E-state index contributed by atoms with van der Waals surface area (Å²) in [5.74, 6) is 0. The summed E-state index contributed by atoms with van der Waals surface area (Å²) in [4.78, 5) is 10.7. The summed E-state index contributed by atoms with van der Waals surface area (Å²) >= 11 is 3.41. The Morgan fingerprint density at radius 3 is 2.39 bits per heavy atom. The number of ether oxygens (including phenoxy) is 1. The second-order valence-corrected chi connectivity index (χ2v) is 5.48. The molecule has 1 amide bonds. The van der Waals surface area contributed by atoms with Crippen LogP contribution in [0.3, 0.4) is 0 Å². The van der Waals surface area contributed by atoms with Gasteiger partial charge in [0.15, 0.2) is 0 Å². The minimum Gasteiger partial charge on any atom is -0.446 e. The van der Waals surface area contributed by atoms with E-state index < -0.39 is 6.09 Å². The van der Waals surface area contributed by atoms with Gasteiger partial charge in [0, 0.05) is 16.2 Å². The average Bonchev–Trinajstić information content (AvgIpc) is 2.34. The van der Waals surface area contributed by atoms with Crippen molar-refractivity contribution in [1.82, 2.24) is 0 Å². The summed E-state index contributed by atoms with van der Waals surface area (Å²) in [6.45, 7) is 0. The first-order valence-corrected chi connectivity index (χ1v) is 6.91. The minimum absolute atomic E-state index is 0.00883. The van der Waals surface area contributed by atoms with E-state index in [9.17, 15) is 4.79 Å². The zero-order chi connectivity index (χ0) is 13.0. The molecule has 0 radical (unpaired) electrons. The lowest BCUT2D eigenvalue weighted by Crippen LogP contribution is -2.32. The van der Waals surface area contributed by atoms with Gasteiger partial charge in [0.1, 0.15) is 6.10 Å². The summed E-state index contributed by atoms with van der Waals surface area (Å²) in [6.07, 6.45) is 3.06. The number of nitrogens with two attached hydrogens (primary N) is 1. The van der Waals surface area contributed by atoms with Gasteiger partial charge in [-0.15, -0.1) is 0 Å². The van der Waals surface area contributed by atoms with Crippen LogP contribution >= 0.6 is 15.9 Å². The third-order valence-electron chi connectivity index (χ3n) is 3.17. The van der Waals surface area contributed by atoms with Gasteiger partial charge in [-0.1, -0.05) is 15.9 Å². The summed E-state index contributed by atoms with van der Waals surface area (Å²) in [7, 11) is 0. The molecule has 5 heteroatoms. The van der Waals surface area contributed by atoms with Gasteiger partial charge < -0.3 is 15.8 Å². The van der Waals surface area contributed by atoms with Crippen LogP contribution in [-0.2, 0) is 4.74 Å². The van der Waals surface area contributed by atoms with Crippen LogP contribution in [0.1, 0.15) is 25.7 Å². The Labute approximate surface area is 115 Å². The molecule has 1 aromatic rings. The molecule has 1 aromatic carbocycles. The predicted molar refractivity (Wildman–Crippen MR) is 74.5 cm³/mol. The first-order chi connectivity index (χ1) is 8.63. The van der Waals surface area contributed by atoms with Gasteiger partial charge in [0.2, 0.25) is 0 Å². The molecule has 1 aliphatic rings. The van der Waals surface area contributed by atoms with E-state index in [1.165, 1.54) is 0 Å². The van der Waals surface area contributed by atoms with E-state index in [2.05, 4.69) is 33.4 Å². The number of hydrogen-bond donors (Lipinski definition) is 2. The van der Waals surface area contributed by atoms with Crippen molar-refractivity contribution in [3.05, 3.63) is 28.7 Å². The van der Waals surface area contributed by atoms with Crippen LogP contribution in [0.2, 0.25) is 0 Å². The van der Waals surface area contributed by atoms with Crippen molar-refractivity contribution in [1.29, 1.82) is 0 Å². The fraction of sp³-hybridized carbons (Fsp3) is 0.462. The van der Waals surface area contributed by atoms with E-state index in [0.717, 1.165) is 35.8 Å². The molecule has 1 aliphatic carbocycles.